The monoisotopic (exact) mass is 470 g/mol. The van der Waals surface area contributed by atoms with Gasteiger partial charge in [-0.1, -0.05) is 74.5 Å². The first kappa shape index (κ1) is 23.3. The number of aromatic nitrogens is 2. The normalized spacial score (nSPS) is 11.9. The second-order valence-electron chi connectivity index (χ2n) is 8.45. The highest BCUT2D eigenvalue weighted by Crippen LogP contribution is 2.25. The highest BCUT2D eigenvalue weighted by Gasteiger charge is 2.28. The van der Waals surface area contributed by atoms with E-state index < -0.39 is 6.04 Å². The molecule has 1 aromatic heterocycles. The lowest BCUT2D eigenvalue weighted by Gasteiger charge is -2.24. The maximum absolute atomic E-state index is 13.7. The van der Waals surface area contributed by atoms with Crippen LogP contribution in [0.3, 0.4) is 0 Å². The van der Waals surface area contributed by atoms with Gasteiger partial charge in [0, 0.05) is 11.3 Å². The number of hydrogen-bond donors (Lipinski definition) is 2. The van der Waals surface area contributed by atoms with Gasteiger partial charge in [0.05, 0.1) is 10.9 Å². The maximum Gasteiger partial charge on any atom is 0.262 e. The minimum atomic E-state index is -0.796. The topological polar surface area (TPSA) is 76.0 Å². The van der Waals surface area contributed by atoms with Crippen LogP contribution in [0.5, 0.6) is 0 Å². The summed E-state index contributed by atoms with van der Waals surface area (Å²) in [7, 11) is 0. The molecule has 1 unspecified atom stereocenters. The number of para-hydroxylation sites is 2. The highest BCUT2D eigenvalue weighted by atomic mass is 32.1. The number of anilines is 1. The SMILES string of the molecule is CC(C)CC(C(=O)NC(=S)Nc1ccccc1)n1c(-c2ccccc2)nc2ccccc2c1=O. The molecule has 7 heteroatoms. The number of fused-ring (bicyclic) bond motifs is 1. The smallest absolute Gasteiger partial charge is 0.262 e. The maximum atomic E-state index is 13.7. The van der Waals surface area contributed by atoms with E-state index in [1.165, 1.54) is 4.57 Å². The van der Waals surface area contributed by atoms with Crippen molar-refractivity contribution in [3.05, 3.63) is 95.3 Å². The first-order valence-corrected chi connectivity index (χ1v) is 11.6. The Balaban J connectivity index is 1.78. The van der Waals surface area contributed by atoms with Crippen LogP contribution in [0.15, 0.2) is 89.7 Å². The Morgan fingerprint density at radius 2 is 1.56 bits per heavy atom. The van der Waals surface area contributed by atoms with Crippen LogP contribution in [0.4, 0.5) is 5.69 Å². The zero-order valence-electron chi connectivity index (χ0n) is 19.1. The Labute approximate surface area is 203 Å². The first-order valence-electron chi connectivity index (χ1n) is 11.2. The molecule has 0 aliphatic rings. The number of rotatable bonds is 6. The van der Waals surface area contributed by atoms with Crippen LogP contribution in [0.2, 0.25) is 0 Å². The summed E-state index contributed by atoms with van der Waals surface area (Å²) in [4.78, 5) is 32.0. The number of hydrogen-bond acceptors (Lipinski definition) is 4. The predicted molar refractivity (Wildman–Crippen MR) is 141 cm³/mol. The zero-order chi connectivity index (χ0) is 24.1. The molecule has 172 valence electrons. The molecule has 4 aromatic rings. The fourth-order valence-corrected chi connectivity index (χ4v) is 4.10. The molecule has 0 radical (unpaired) electrons. The van der Waals surface area contributed by atoms with Crippen molar-refractivity contribution in [2.75, 3.05) is 5.32 Å². The molecular weight excluding hydrogens is 444 g/mol. The number of thiocarbonyl (C=S) groups is 1. The molecule has 0 bridgehead atoms. The molecular formula is C27H26N4O2S. The predicted octanol–water partition coefficient (Wildman–Crippen LogP) is 5.16. The van der Waals surface area contributed by atoms with E-state index in [0.29, 0.717) is 23.1 Å². The van der Waals surface area contributed by atoms with E-state index in [0.717, 1.165) is 11.3 Å². The fraction of sp³-hybridized carbons (Fsp3) is 0.185. The van der Waals surface area contributed by atoms with E-state index in [-0.39, 0.29) is 22.5 Å². The third kappa shape index (κ3) is 5.21. The lowest BCUT2D eigenvalue weighted by atomic mass is 10.0. The molecule has 4 rings (SSSR count). The summed E-state index contributed by atoms with van der Waals surface area (Å²) in [5, 5.41) is 6.44. The van der Waals surface area contributed by atoms with Crippen LogP contribution >= 0.6 is 12.2 Å². The summed E-state index contributed by atoms with van der Waals surface area (Å²) in [5.74, 6) is 0.235. The lowest BCUT2D eigenvalue weighted by molar-refractivity contribution is -0.123. The van der Waals surface area contributed by atoms with Crippen LogP contribution in [-0.2, 0) is 4.79 Å². The van der Waals surface area contributed by atoms with Gasteiger partial charge in [-0.05, 0) is 48.8 Å². The molecule has 3 aromatic carbocycles. The molecule has 0 spiro atoms. The molecule has 2 N–H and O–H groups in total. The third-order valence-electron chi connectivity index (χ3n) is 5.42. The van der Waals surface area contributed by atoms with E-state index >= 15 is 0 Å². The fourth-order valence-electron chi connectivity index (χ4n) is 3.88. The van der Waals surface area contributed by atoms with Crippen LogP contribution in [0.25, 0.3) is 22.3 Å². The van der Waals surface area contributed by atoms with Gasteiger partial charge in [0.25, 0.3) is 5.56 Å². The largest absolute Gasteiger partial charge is 0.332 e. The Bertz CT molecular complexity index is 1370. The van der Waals surface area contributed by atoms with Crippen LogP contribution in [-0.4, -0.2) is 20.6 Å². The number of carbonyl (C=O) groups is 1. The molecule has 0 aliphatic carbocycles. The molecule has 0 aliphatic heterocycles. The van der Waals surface area contributed by atoms with Gasteiger partial charge in [-0.3, -0.25) is 14.2 Å². The van der Waals surface area contributed by atoms with Gasteiger partial charge in [0.15, 0.2) is 5.11 Å². The Morgan fingerprint density at radius 1 is 0.941 bits per heavy atom. The summed E-state index contributed by atoms with van der Waals surface area (Å²) in [5.41, 5.74) is 1.86. The summed E-state index contributed by atoms with van der Waals surface area (Å²) < 4.78 is 1.51. The Hall–Kier alpha value is -3.84. The zero-order valence-corrected chi connectivity index (χ0v) is 19.9. The Morgan fingerprint density at radius 3 is 2.24 bits per heavy atom. The summed E-state index contributed by atoms with van der Waals surface area (Å²) in [6.45, 7) is 4.03. The third-order valence-corrected chi connectivity index (χ3v) is 5.62. The van der Waals surface area contributed by atoms with Gasteiger partial charge in [-0.15, -0.1) is 0 Å². The highest BCUT2D eigenvalue weighted by molar-refractivity contribution is 7.80. The molecule has 1 heterocycles. The van der Waals surface area contributed by atoms with E-state index in [2.05, 4.69) is 10.6 Å². The van der Waals surface area contributed by atoms with Gasteiger partial charge in [-0.25, -0.2) is 4.98 Å². The molecule has 1 amide bonds. The van der Waals surface area contributed by atoms with Crippen LogP contribution < -0.4 is 16.2 Å². The molecule has 1 atom stereocenters. The van der Waals surface area contributed by atoms with E-state index in [4.69, 9.17) is 17.2 Å². The Kier molecular flexibility index (Phi) is 7.13. The first-order chi connectivity index (χ1) is 16.4. The van der Waals surface area contributed by atoms with Crippen molar-refractivity contribution in [2.24, 2.45) is 5.92 Å². The molecule has 34 heavy (non-hydrogen) atoms. The van der Waals surface area contributed by atoms with Crippen LogP contribution in [0.1, 0.15) is 26.3 Å². The van der Waals surface area contributed by atoms with Crippen molar-refractivity contribution in [2.45, 2.75) is 26.3 Å². The van der Waals surface area contributed by atoms with Gasteiger partial charge in [-0.2, -0.15) is 0 Å². The van der Waals surface area contributed by atoms with Crippen molar-refractivity contribution in [3.8, 4) is 11.4 Å². The number of benzene rings is 3. The van der Waals surface area contributed by atoms with E-state index in [1.807, 2.05) is 86.6 Å². The van der Waals surface area contributed by atoms with Crippen molar-refractivity contribution >= 4 is 39.8 Å². The second-order valence-corrected chi connectivity index (χ2v) is 8.86. The number of nitrogens with zero attached hydrogens (tertiary/aromatic N) is 2. The minimum Gasteiger partial charge on any atom is -0.332 e. The van der Waals surface area contributed by atoms with Crippen molar-refractivity contribution < 1.29 is 4.79 Å². The van der Waals surface area contributed by atoms with Gasteiger partial charge in [0.2, 0.25) is 5.91 Å². The molecule has 0 fully saturated rings. The quantitative estimate of drug-likeness (QED) is 0.381. The van der Waals surface area contributed by atoms with E-state index in [9.17, 15) is 9.59 Å². The molecule has 6 nitrogen and oxygen atoms in total. The van der Waals surface area contributed by atoms with Gasteiger partial charge >= 0.3 is 0 Å². The lowest BCUT2D eigenvalue weighted by Crippen LogP contribution is -2.43. The minimum absolute atomic E-state index is 0.147. The van der Waals surface area contributed by atoms with Crippen molar-refractivity contribution in [1.29, 1.82) is 0 Å². The van der Waals surface area contributed by atoms with Crippen LogP contribution in [0, 0.1) is 5.92 Å². The summed E-state index contributed by atoms with van der Waals surface area (Å²) >= 11 is 5.39. The summed E-state index contributed by atoms with van der Waals surface area (Å²) in [6.07, 6.45) is 0.444. The van der Waals surface area contributed by atoms with Gasteiger partial charge in [0.1, 0.15) is 11.9 Å². The van der Waals surface area contributed by atoms with E-state index in [1.54, 1.807) is 12.1 Å². The van der Waals surface area contributed by atoms with Crippen molar-refractivity contribution in [3.63, 3.8) is 0 Å². The average Bonchev–Trinajstić information content (AvgIpc) is 2.84. The molecule has 0 saturated heterocycles. The number of amides is 1. The molecule has 0 saturated carbocycles. The standard InChI is InChI=1S/C27H26N4O2S/c1-18(2)17-23(25(32)30-27(34)28-20-13-7-4-8-14-20)31-24(19-11-5-3-6-12-19)29-22-16-10-9-15-21(22)26(31)33/h3-16,18,23H,17H2,1-2H3,(H2,28,30,32,34). The number of nitrogens with one attached hydrogen (secondary N) is 2. The van der Waals surface area contributed by atoms with Crippen molar-refractivity contribution in [1.82, 2.24) is 14.9 Å². The average molecular weight is 471 g/mol. The van der Waals surface area contributed by atoms with Gasteiger partial charge < -0.3 is 10.6 Å². The number of carbonyl (C=O) groups excluding carboxylic acids is 1. The summed E-state index contributed by atoms with van der Waals surface area (Å²) in [6, 6.07) is 25.2. The second kappa shape index (κ2) is 10.4.